The summed E-state index contributed by atoms with van der Waals surface area (Å²) in [7, 11) is 0. The zero-order valence-electron chi connectivity index (χ0n) is 12.3. The van der Waals surface area contributed by atoms with E-state index in [0.29, 0.717) is 19.4 Å². The lowest BCUT2D eigenvalue weighted by Crippen LogP contribution is -2.32. The third kappa shape index (κ3) is 5.04. The molecule has 1 aromatic carbocycles. The Morgan fingerprint density at radius 1 is 1.23 bits per heavy atom. The molecule has 0 aliphatic heterocycles. The van der Waals surface area contributed by atoms with Crippen LogP contribution in [0.5, 0.6) is 0 Å². The third-order valence-corrected chi connectivity index (χ3v) is 3.94. The Hall–Kier alpha value is -2.08. The monoisotopic (exact) mass is 307 g/mol. The molecular weight excluding hydrogens is 286 g/mol. The summed E-state index contributed by atoms with van der Waals surface area (Å²) in [5.41, 5.74) is 0.903. The summed E-state index contributed by atoms with van der Waals surface area (Å²) in [4.78, 5) is 22.3. The van der Waals surface area contributed by atoms with Gasteiger partial charge in [-0.1, -0.05) is 30.3 Å². The molecule has 1 amide bonds. The molecule has 0 spiro atoms. The predicted molar refractivity (Wildman–Crippen MR) is 79.1 cm³/mol. The predicted octanol–water partition coefficient (Wildman–Crippen LogP) is 1.77. The summed E-state index contributed by atoms with van der Waals surface area (Å²) in [6.07, 6.45) is 0.0346. The highest BCUT2D eigenvalue weighted by molar-refractivity contribution is 5.67. The number of rotatable bonds is 6. The first-order chi connectivity index (χ1) is 10.5. The number of carbonyl (C=O) groups excluding carboxylic acids is 1. The van der Waals surface area contributed by atoms with Crippen molar-refractivity contribution < 1.29 is 24.5 Å². The van der Waals surface area contributed by atoms with Crippen LogP contribution in [0.1, 0.15) is 24.8 Å². The molecule has 1 saturated carbocycles. The number of hydrogen-bond acceptors (Lipinski definition) is 4. The van der Waals surface area contributed by atoms with E-state index in [-0.39, 0.29) is 24.9 Å². The lowest BCUT2D eigenvalue weighted by Gasteiger charge is -2.15. The second-order valence-corrected chi connectivity index (χ2v) is 5.71. The van der Waals surface area contributed by atoms with Crippen LogP contribution in [0.4, 0.5) is 4.79 Å². The molecule has 120 valence electrons. The molecule has 22 heavy (non-hydrogen) atoms. The first kappa shape index (κ1) is 16.3. The molecule has 3 atom stereocenters. The van der Waals surface area contributed by atoms with E-state index < -0.39 is 18.2 Å². The Morgan fingerprint density at radius 3 is 2.64 bits per heavy atom. The molecule has 6 heteroatoms. The normalized spacial score (nSPS) is 24.0. The van der Waals surface area contributed by atoms with E-state index in [0.717, 1.165) is 5.56 Å². The largest absolute Gasteiger partial charge is 0.481 e. The number of aliphatic carboxylic acids is 1. The maximum atomic E-state index is 11.6. The topological polar surface area (TPSA) is 95.9 Å². The number of aliphatic hydroxyl groups excluding tert-OH is 1. The molecule has 3 N–H and O–H groups in total. The van der Waals surface area contributed by atoms with Crippen molar-refractivity contribution in [1.82, 2.24) is 5.32 Å². The van der Waals surface area contributed by atoms with Crippen LogP contribution in [0.3, 0.4) is 0 Å². The number of amides is 1. The van der Waals surface area contributed by atoms with Crippen LogP contribution < -0.4 is 5.32 Å². The highest BCUT2D eigenvalue weighted by atomic mass is 16.5. The van der Waals surface area contributed by atoms with Crippen molar-refractivity contribution >= 4 is 12.1 Å². The van der Waals surface area contributed by atoms with Gasteiger partial charge in [0.2, 0.25) is 0 Å². The van der Waals surface area contributed by atoms with E-state index in [4.69, 9.17) is 9.84 Å². The lowest BCUT2D eigenvalue weighted by atomic mass is 10.0. The summed E-state index contributed by atoms with van der Waals surface area (Å²) in [5.74, 6) is -0.999. The summed E-state index contributed by atoms with van der Waals surface area (Å²) in [5, 5.41) is 21.3. The smallest absolute Gasteiger partial charge is 0.407 e. The molecular formula is C16H21NO5. The average molecular weight is 307 g/mol. The van der Waals surface area contributed by atoms with Crippen molar-refractivity contribution in [3.63, 3.8) is 0 Å². The first-order valence-corrected chi connectivity index (χ1v) is 7.39. The second-order valence-electron chi connectivity index (χ2n) is 5.71. The van der Waals surface area contributed by atoms with E-state index in [1.807, 2.05) is 30.3 Å². The van der Waals surface area contributed by atoms with Gasteiger partial charge in [0, 0.05) is 18.9 Å². The van der Waals surface area contributed by atoms with Crippen LogP contribution in [0.25, 0.3) is 0 Å². The molecule has 1 aliphatic rings. The van der Waals surface area contributed by atoms with Gasteiger partial charge in [-0.15, -0.1) is 0 Å². The first-order valence-electron chi connectivity index (χ1n) is 7.39. The number of carbonyl (C=O) groups is 2. The molecule has 2 rings (SSSR count). The number of aliphatic hydroxyl groups is 1. The minimum atomic E-state index is -0.854. The Bertz CT molecular complexity index is 505. The van der Waals surface area contributed by atoms with Crippen molar-refractivity contribution in [3.8, 4) is 0 Å². The van der Waals surface area contributed by atoms with Crippen molar-refractivity contribution in [2.75, 3.05) is 6.54 Å². The number of nitrogens with one attached hydrogen (secondary N) is 1. The fraction of sp³-hybridized carbons (Fsp3) is 0.500. The van der Waals surface area contributed by atoms with Crippen LogP contribution in [0.15, 0.2) is 30.3 Å². The van der Waals surface area contributed by atoms with Crippen molar-refractivity contribution in [2.24, 2.45) is 11.8 Å². The highest BCUT2D eigenvalue weighted by Gasteiger charge is 2.34. The zero-order chi connectivity index (χ0) is 15.9. The van der Waals surface area contributed by atoms with Gasteiger partial charge < -0.3 is 20.3 Å². The van der Waals surface area contributed by atoms with Crippen LogP contribution in [0, 0.1) is 11.8 Å². The number of alkyl carbamates (subject to hydrolysis) is 1. The van der Waals surface area contributed by atoms with E-state index in [1.165, 1.54) is 0 Å². The standard InChI is InChI=1S/C16H21NO5/c18-14-7-12(8-15(19)20)6-13(14)9-17-16(21)22-10-11-4-2-1-3-5-11/h1-5,12-14,18H,6-10H2,(H,17,21)(H,19,20)/t12-,13?,14+/m0/s1. The van der Waals surface area contributed by atoms with Crippen LogP contribution >= 0.6 is 0 Å². The van der Waals surface area contributed by atoms with Crippen LogP contribution in [0.2, 0.25) is 0 Å². The molecule has 1 aromatic rings. The van der Waals surface area contributed by atoms with E-state index in [9.17, 15) is 14.7 Å². The minimum absolute atomic E-state index is 0.0281. The average Bonchev–Trinajstić information content (AvgIpc) is 2.83. The van der Waals surface area contributed by atoms with Crippen LogP contribution in [-0.2, 0) is 16.1 Å². The second kappa shape index (κ2) is 7.79. The molecule has 1 aliphatic carbocycles. The SMILES string of the molecule is O=C(O)C[C@H]1CC(CNC(=O)OCc2ccccc2)[C@H](O)C1. The summed E-state index contributed by atoms with van der Waals surface area (Å²) < 4.78 is 5.09. The van der Waals surface area contributed by atoms with Gasteiger partial charge in [0.15, 0.2) is 0 Å². The molecule has 1 unspecified atom stereocenters. The zero-order valence-corrected chi connectivity index (χ0v) is 12.3. The van der Waals surface area contributed by atoms with E-state index >= 15 is 0 Å². The van der Waals surface area contributed by atoms with Crippen molar-refractivity contribution in [1.29, 1.82) is 0 Å². The summed E-state index contributed by atoms with van der Waals surface area (Å²) >= 11 is 0. The van der Waals surface area contributed by atoms with Gasteiger partial charge in [-0.2, -0.15) is 0 Å². The minimum Gasteiger partial charge on any atom is -0.481 e. The molecule has 0 aromatic heterocycles. The third-order valence-electron chi connectivity index (χ3n) is 3.94. The number of carboxylic acid groups (broad SMARTS) is 1. The molecule has 0 saturated heterocycles. The van der Waals surface area contributed by atoms with Gasteiger partial charge >= 0.3 is 12.1 Å². The van der Waals surface area contributed by atoms with Gasteiger partial charge in [-0.3, -0.25) is 4.79 Å². The molecule has 1 fully saturated rings. The van der Waals surface area contributed by atoms with Gasteiger partial charge in [-0.05, 0) is 24.3 Å². The van der Waals surface area contributed by atoms with Crippen LogP contribution in [-0.4, -0.2) is 34.9 Å². The lowest BCUT2D eigenvalue weighted by molar-refractivity contribution is -0.138. The Labute approximate surface area is 129 Å². The molecule has 0 heterocycles. The van der Waals surface area contributed by atoms with Gasteiger partial charge in [0.25, 0.3) is 0 Å². The fourth-order valence-electron chi connectivity index (χ4n) is 2.84. The number of ether oxygens (including phenoxy) is 1. The maximum absolute atomic E-state index is 11.6. The highest BCUT2D eigenvalue weighted by Crippen LogP contribution is 2.33. The number of carboxylic acids is 1. The van der Waals surface area contributed by atoms with E-state index in [2.05, 4.69) is 5.32 Å². The molecule has 0 radical (unpaired) electrons. The summed E-state index contributed by atoms with van der Waals surface area (Å²) in [6.45, 7) is 0.493. The molecule has 0 bridgehead atoms. The van der Waals surface area contributed by atoms with Crippen molar-refractivity contribution in [3.05, 3.63) is 35.9 Å². The quantitative estimate of drug-likeness (QED) is 0.744. The Kier molecular flexibility index (Phi) is 5.77. The van der Waals surface area contributed by atoms with Gasteiger partial charge in [-0.25, -0.2) is 4.79 Å². The number of benzene rings is 1. The number of hydrogen-bond donors (Lipinski definition) is 3. The fourth-order valence-corrected chi connectivity index (χ4v) is 2.84. The molecule has 6 nitrogen and oxygen atoms in total. The van der Waals surface area contributed by atoms with Crippen molar-refractivity contribution in [2.45, 2.75) is 32.0 Å². The van der Waals surface area contributed by atoms with Gasteiger partial charge in [0.1, 0.15) is 6.61 Å². The van der Waals surface area contributed by atoms with Gasteiger partial charge in [0.05, 0.1) is 6.10 Å². The maximum Gasteiger partial charge on any atom is 0.407 e. The Balaban J connectivity index is 1.69. The summed E-state index contributed by atoms with van der Waals surface area (Å²) in [6, 6.07) is 9.36. The Morgan fingerprint density at radius 2 is 1.95 bits per heavy atom. The van der Waals surface area contributed by atoms with E-state index in [1.54, 1.807) is 0 Å².